The summed E-state index contributed by atoms with van der Waals surface area (Å²) in [5, 5.41) is 14.9. The van der Waals surface area contributed by atoms with Crippen molar-refractivity contribution in [1.82, 2.24) is 19.7 Å². The molecule has 0 aliphatic rings. The fraction of sp³-hybridized carbons (Fsp3) is 0.125. The van der Waals surface area contributed by atoms with E-state index < -0.39 is 0 Å². The SMILES string of the molecule is CC(=O)Nc1ccc(-c2nnc(SCC(=O)Nc3cccc(C)n3)n2-c2ccccc2)cc1. The number of hydrogen-bond acceptors (Lipinski definition) is 6. The monoisotopic (exact) mass is 458 g/mol. The number of rotatable bonds is 7. The van der Waals surface area contributed by atoms with Crippen molar-refractivity contribution in [2.45, 2.75) is 19.0 Å². The van der Waals surface area contributed by atoms with Gasteiger partial charge < -0.3 is 10.6 Å². The van der Waals surface area contributed by atoms with Crippen molar-refractivity contribution in [1.29, 1.82) is 0 Å². The van der Waals surface area contributed by atoms with Gasteiger partial charge in [0.05, 0.1) is 5.75 Å². The zero-order valence-electron chi connectivity index (χ0n) is 18.1. The molecule has 0 atom stereocenters. The molecule has 4 rings (SSSR count). The summed E-state index contributed by atoms with van der Waals surface area (Å²) in [4.78, 5) is 28.1. The minimum absolute atomic E-state index is 0.131. The molecule has 0 radical (unpaired) electrons. The number of carbonyl (C=O) groups is 2. The number of amides is 2. The van der Waals surface area contributed by atoms with Crippen LogP contribution in [0.4, 0.5) is 11.5 Å². The zero-order valence-corrected chi connectivity index (χ0v) is 19.0. The number of nitrogens with one attached hydrogen (secondary N) is 2. The highest BCUT2D eigenvalue weighted by atomic mass is 32.2. The standard InChI is InChI=1S/C24H22N6O2S/c1-16-7-6-10-21(25-16)27-22(32)15-33-24-29-28-23(30(24)20-8-4-3-5-9-20)18-11-13-19(14-12-18)26-17(2)31/h3-14H,15H2,1-2H3,(H,26,31)(H,25,27,32). The minimum Gasteiger partial charge on any atom is -0.326 e. The first kappa shape index (κ1) is 22.2. The highest BCUT2D eigenvalue weighted by molar-refractivity contribution is 7.99. The van der Waals surface area contributed by atoms with Gasteiger partial charge in [0.2, 0.25) is 11.8 Å². The van der Waals surface area contributed by atoms with E-state index in [4.69, 9.17) is 0 Å². The van der Waals surface area contributed by atoms with Gasteiger partial charge in [-0.25, -0.2) is 4.98 Å². The molecule has 4 aromatic rings. The number of aromatic nitrogens is 4. The summed E-state index contributed by atoms with van der Waals surface area (Å²) in [5.41, 5.74) is 3.25. The predicted molar refractivity (Wildman–Crippen MR) is 129 cm³/mol. The van der Waals surface area contributed by atoms with Crippen molar-refractivity contribution in [3.05, 3.63) is 78.5 Å². The molecule has 9 heteroatoms. The second kappa shape index (κ2) is 10.1. The average molecular weight is 459 g/mol. The smallest absolute Gasteiger partial charge is 0.236 e. The Hall–Kier alpha value is -3.98. The van der Waals surface area contributed by atoms with Gasteiger partial charge in [0.15, 0.2) is 11.0 Å². The number of aryl methyl sites for hydroxylation is 1. The van der Waals surface area contributed by atoms with Crippen LogP contribution in [0.2, 0.25) is 0 Å². The van der Waals surface area contributed by atoms with E-state index in [0.717, 1.165) is 16.9 Å². The lowest BCUT2D eigenvalue weighted by Gasteiger charge is -2.11. The molecule has 0 saturated carbocycles. The van der Waals surface area contributed by atoms with Crippen LogP contribution in [0.5, 0.6) is 0 Å². The number of thioether (sulfide) groups is 1. The number of anilines is 2. The molecule has 0 bridgehead atoms. The summed E-state index contributed by atoms with van der Waals surface area (Å²) in [7, 11) is 0. The minimum atomic E-state index is -0.179. The van der Waals surface area contributed by atoms with Crippen molar-refractivity contribution in [3.8, 4) is 17.1 Å². The molecule has 0 spiro atoms. The van der Waals surface area contributed by atoms with Crippen LogP contribution < -0.4 is 10.6 Å². The molecule has 2 aromatic carbocycles. The molecule has 33 heavy (non-hydrogen) atoms. The first-order chi connectivity index (χ1) is 16.0. The van der Waals surface area contributed by atoms with Gasteiger partial charge in [-0.05, 0) is 55.5 Å². The number of para-hydroxylation sites is 1. The van der Waals surface area contributed by atoms with Crippen molar-refractivity contribution in [3.63, 3.8) is 0 Å². The second-order valence-electron chi connectivity index (χ2n) is 7.24. The normalized spacial score (nSPS) is 10.6. The van der Waals surface area contributed by atoms with Gasteiger partial charge in [0.25, 0.3) is 0 Å². The first-order valence-corrected chi connectivity index (χ1v) is 11.2. The lowest BCUT2D eigenvalue weighted by Crippen LogP contribution is -2.15. The summed E-state index contributed by atoms with van der Waals surface area (Å²) in [6.45, 7) is 3.34. The van der Waals surface area contributed by atoms with E-state index in [1.165, 1.54) is 18.7 Å². The first-order valence-electron chi connectivity index (χ1n) is 10.2. The van der Waals surface area contributed by atoms with Crippen LogP contribution >= 0.6 is 11.8 Å². The maximum atomic E-state index is 12.5. The molecule has 0 aliphatic carbocycles. The van der Waals surface area contributed by atoms with Crippen LogP contribution in [0.15, 0.2) is 78.0 Å². The Bertz CT molecular complexity index is 1270. The molecule has 166 valence electrons. The summed E-state index contributed by atoms with van der Waals surface area (Å²) in [6, 6.07) is 22.6. The average Bonchev–Trinajstić information content (AvgIpc) is 3.22. The summed E-state index contributed by atoms with van der Waals surface area (Å²) >= 11 is 1.29. The van der Waals surface area contributed by atoms with E-state index in [0.29, 0.717) is 22.5 Å². The van der Waals surface area contributed by atoms with Gasteiger partial charge in [-0.3, -0.25) is 14.2 Å². The predicted octanol–water partition coefficient (Wildman–Crippen LogP) is 4.33. The molecule has 0 unspecified atom stereocenters. The van der Waals surface area contributed by atoms with Gasteiger partial charge in [0, 0.05) is 29.6 Å². The number of pyridine rings is 1. The Morgan fingerprint density at radius 1 is 0.909 bits per heavy atom. The number of benzene rings is 2. The Morgan fingerprint density at radius 2 is 1.67 bits per heavy atom. The third-order valence-electron chi connectivity index (χ3n) is 4.60. The summed E-state index contributed by atoms with van der Waals surface area (Å²) in [5.74, 6) is 1.00. The van der Waals surface area contributed by atoms with Gasteiger partial charge in [-0.1, -0.05) is 36.0 Å². The number of nitrogens with zero attached hydrogens (tertiary/aromatic N) is 4. The maximum Gasteiger partial charge on any atom is 0.236 e. The van der Waals surface area contributed by atoms with E-state index in [1.807, 2.05) is 78.2 Å². The quantitative estimate of drug-likeness (QED) is 0.400. The molecule has 0 saturated heterocycles. The lowest BCUT2D eigenvalue weighted by atomic mass is 10.2. The van der Waals surface area contributed by atoms with Gasteiger partial charge >= 0.3 is 0 Å². The molecule has 2 amide bonds. The van der Waals surface area contributed by atoms with E-state index >= 15 is 0 Å². The number of carbonyl (C=O) groups excluding carboxylic acids is 2. The second-order valence-corrected chi connectivity index (χ2v) is 8.18. The summed E-state index contributed by atoms with van der Waals surface area (Å²) in [6.07, 6.45) is 0. The molecule has 0 aliphatic heterocycles. The van der Waals surface area contributed by atoms with E-state index in [2.05, 4.69) is 25.8 Å². The third kappa shape index (κ3) is 5.64. The van der Waals surface area contributed by atoms with Crippen molar-refractivity contribution < 1.29 is 9.59 Å². The topological polar surface area (TPSA) is 102 Å². The van der Waals surface area contributed by atoms with Gasteiger partial charge in [-0.15, -0.1) is 10.2 Å². The third-order valence-corrected chi connectivity index (χ3v) is 5.53. The molecule has 8 nitrogen and oxygen atoms in total. The maximum absolute atomic E-state index is 12.5. The van der Waals surface area contributed by atoms with Crippen LogP contribution in [-0.2, 0) is 9.59 Å². The Morgan fingerprint density at radius 3 is 2.36 bits per heavy atom. The van der Waals surface area contributed by atoms with Crippen LogP contribution in [0, 0.1) is 6.92 Å². The highest BCUT2D eigenvalue weighted by Crippen LogP contribution is 2.28. The molecule has 0 fully saturated rings. The van der Waals surface area contributed by atoms with Crippen LogP contribution in [0.25, 0.3) is 17.1 Å². The van der Waals surface area contributed by atoms with Crippen molar-refractivity contribution in [2.24, 2.45) is 0 Å². The zero-order chi connectivity index (χ0) is 23.2. The molecule has 2 aromatic heterocycles. The van der Waals surface area contributed by atoms with Gasteiger partial charge in [-0.2, -0.15) is 0 Å². The highest BCUT2D eigenvalue weighted by Gasteiger charge is 2.17. The molecular weight excluding hydrogens is 436 g/mol. The van der Waals surface area contributed by atoms with E-state index in [9.17, 15) is 9.59 Å². The largest absolute Gasteiger partial charge is 0.326 e. The fourth-order valence-corrected chi connectivity index (χ4v) is 3.94. The van der Waals surface area contributed by atoms with Crippen molar-refractivity contribution >= 4 is 35.1 Å². The van der Waals surface area contributed by atoms with Crippen LogP contribution in [0.1, 0.15) is 12.6 Å². The molecule has 2 N–H and O–H groups in total. The van der Waals surface area contributed by atoms with E-state index in [1.54, 1.807) is 6.07 Å². The molecule has 2 heterocycles. The van der Waals surface area contributed by atoms with Crippen LogP contribution in [-0.4, -0.2) is 37.3 Å². The number of hydrogen-bond donors (Lipinski definition) is 2. The van der Waals surface area contributed by atoms with Crippen LogP contribution in [0.3, 0.4) is 0 Å². The summed E-state index contributed by atoms with van der Waals surface area (Å²) < 4.78 is 1.91. The molecular formula is C24H22N6O2S. The van der Waals surface area contributed by atoms with E-state index in [-0.39, 0.29) is 17.6 Å². The Balaban J connectivity index is 1.57. The fourth-order valence-electron chi connectivity index (χ4n) is 3.19. The van der Waals surface area contributed by atoms with Gasteiger partial charge in [0.1, 0.15) is 5.82 Å². The Kier molecular flexibility index (Phi) is 6.80. The lowest BCUT2D eigenvalue weighted by molar-refractivity contribution is -0.114. The Labute approximate surface area is 195 Å². The van der Waals surface area contributed by atoms with Crippen molar-refractivity contribution in [2.75, 3.05) is 16.4 Å².